The van der Waals surface area contributed by atoms with E-state index in [0.717, 1.165) is 31.1 Å². The van der Waals surface area contributed by atoms with Crippen molar-refractivity contribution in [1.29, 1.82) is 0 Å². The van der Waals surface area contributed by atoms with Gasteiger partial charge in [0.1, 0.15) is 12.4 Å². The molecule has 3 nitrogen and oxygen atoms in total. The van der Waals surface area contributed by atoms with Crippen molar-refractivity contribution in [3.05, 3.63) is 23.8 Å². The second kappa shape index (κ2) is 5.61. The van der Waals surface area contributed by atoms with Gasteiger partial charge in [0.05, 0.1) is 5.69 Å². The van der Waals surface area contributed by atoms with Gasteiger partial charge in [0.25, 0.3) is 0 Å². The van der Waals surface area contributed by atoms with E-state index in [4.69, 9.17) is 4.74 Å². The first-order chi connectivity index (χ1) is 8.93. The van der Waals surface area contributed by atoms with Crippen LogP contribution >= 0.6 is 0 Å². The Hall–Kier alpha value is -1.22. The summed E-state index contributed by atoms with van der Waals surface area (Å²) in [5.74, 6) is 1.08. The molecule has 0 saturated carbocycles. The summed E-state index contributed by atoms with van der Waals surface area (Å²) in [7, 11) is 0. The van der Waals surface area contributed by atoms with Gasteiger partial charge in [0.15, 0.2) is 0 Å². The molecule has 2 aliphatic heterocycles. The molecule has 0 unspecified atom stereocenters. The highest BCUT2D eigenvalue weighted by atomic mass is 16.5. The third-order valence-electron chi connectivity index (χ3n) is 3.85. The number of hydrogen-bond acceptors (Lipinski definition) is 3. The lowest BCUT2D eigenvalue weighted by atomic mass is 10.1. The molecule has 0 bridgehead atoms. The van der Waals surface area contributed by atoms with E-state index in [9.17, 15) is 0 Å². The van der Waals surface area contributed by atoms with Crippen LogP contribution in [-0.4, -0.2) is 31.1 Å². The number of anilines is 1. The minimum atomic E-state index is 0.782. The van der Waals surface area contributed by atoms with Gasteiger partial charge in [0.2, 0.25) is 0 Å². The summed E-state index contributed by atoms with van der Waals surface area (Å²) in [5.41, 5.74) is 2.50. The second-order valence-electron chi connectivity index (χ2n) is 5.26. The Morgan fingerprint density at radius 1 is 1.11 bits per heavy atom. The van der Waals surface area contributed by atoms with Crippen LogP contribution in [0.15, 0.2) is 18.2 Å². The summed E-state index contributed by atoms with van der Waals surface area (Å²) in [6, 6.07) is 6.45. The maximum atomic E-state index is 5.84. The van der Waals surface area contributed by atoms with Gasteiger partial charge >= 0.3 is 0 Å². The molecule has 3 heteroatoms. The third kappa shape index (κ3) is 2.61. The van der Waals surface area contributed by atoms with Gasteiger partial charge < -0.3 is 10.1 Å². The van der Waals surface area contributed by atoms with Gasteiger partial charge in [-0.1, -0.05) is 25.0 Å². The maximum Gasteiger partial charge on any atom is 0.146 e. The molecule has 0 aliphatic carbocycles. The molecule has 98 valence electrons. The van der Waals surface area contributed by atoms with Crippen LogP contribution < -0.4 is 10.1 Å². The maximum absolute atomic E-state index is 5.84. The van der Waals surface area contributed by atoms with E-state index in [2.05, 4.69) is 28.4 Å². The molecule has 1 aromatic carbocycles. The average molecular weight is 246 g/mol. The van der Waals surface area contributed by atoms with Crippen molar-refractivity contribution in [3.8, 4) is 5.75 Å². The van der Waals surface area contributed by atoms with Crippen LogP contribution in [0.1, 0.15) is 31.2 Å². The van der Waals surface area contributed by atoms with E-state index >= 15 is 0 Å². The van der Waals surface area contributed by atoms with Crippen LogP contribution in [0.2, 0.25) is 0 Å². The number of nitrogens with one attached hydrogen (secondary N) is 1. The summed E-state index contributed by atoms with van der Waals surface area (Å²) >= 11 is 0. The van der Waals surface area contributed by atoms with Crippen molar-refractivity contribution in [2.45, 2.75) is 32.2 Å². The van der Waals surface area contributed by atoms with Crippen molar-refractivity contribution in [1.82, 2.24) is 4.90 Å². The van der Waals surface area contributed by atoms with Gasteiger partial charge in [-0.05, 0) is 32.0 Å². The predicted octanol–water partition coefficient (Wildman–Crippen LogP) is 2.87. The molecule has 1 N–H and O–H groups in total. The highest BCUT2D eigenvalue weighted by Gasteiger charge is 2.16. The van der Waals surface area contributed by atoms with Gasteiger partial charge in [-0.3, -0.25) is 4.90 Å². The Labute approximate surface area is 109 Å². The van der Waals surface area contributed by atoms with E-state index in [-0.39, 0.29) is 0 Å². The third-order valence-corrected chi connectivity index (χ3v) is 3.85. The average Bonchev–Trinajstić information content (AvgIpc) is 2.68. The zero-order valence-corrected chi connectivity index (χ0v) is 11.0. The van der Waals surface area contributed by atoms with E-state index < -0.39 is 0 Å². The number of ether oxygens (including phenoxy) is 1. The predicted molar refractivity (Wildman–Crippen MR) is 74.2 cm³/mol. The summed E-state index contributed by atoms with van der Waals surface area (Å²) in [6.45, 7) is 5.20. The molecule has 0 amide bonds. The summed E-state index contributed by atoms with van der Waals surface area (Å²) in [4.78, 5) is 2.57. The monoisotopic (exact) mass is 246 g/mol. The zero-order valence-electron chi connectivity index (χ0n) is 11.0. The van der Waals surface area contributed by atoms with Crippen LogP contribution in [-0.2, 0) is 6.54 Å². The van der Waals surface area contributed by atoms with Crippen LogP contribution in [0, 0.1) is 0 Å². The number of nitrogens with zero attached hydrogens (tertiary/aromatic N) is 1. The van der Waals surface area contributed by atoms with Gasteiger partial charge in [-0.2, -0.15) is 0 Å². The van der Waals surface area contributed by atoms with Crippen LogP contribution in [0.3, 0.4) is 0 Å². The summed E-state index contributed by atoms with van der Waals surface area (Å²) in [6.07, 6.45) is 5.46. The molecular formula is C15H22N2O. The fourth-order valence-corrected chi connectivity index (χ4v) is 2.89. The fourth-order valence-electron chi connectivity index (χ4n) is 2.89. The Morgan fingerprint density at radius 3 is 2.78 bits per heavy atom. The first-order valence-corrected chi connectivity index (χ1v) is 7.14. The quantitative estimate of drug-likeness (QED) is 0.868. The fraction of sp³-hybridized carbons (Fsp3) is 0.600. The lowest BCUT2D eigenvalue weighted by Gasteiger charge is -2.25. The first-order valence-electron chi connectivity index (χ1n) is 7.14. The molecule has 0 radical (unpaired) electrons. The van der Waals surface area contributed by atoms with Crippen LogP contribution in [0.4, 0.5) is 5.69 Å². The molecule has 2 heterocycles. The van der Waals surface area contributed by atoms with E-state index in [1.807, 2.05) is 0 Å². The Kier molecular flexibility index (Phi) is 3.69. The highest BCUT2D eigenvalue weighted by Crippen LogP contribution is 2.32. The van der Waals surface area contributed by atoms with Crippen molar-refractivity contribution in [2.24, 2.45) is 0 Å². The molecule has 0 atom stereocenters. The van der Waals surface area contributed by atoms with E-state index in [0.29, 0.717) is 0 Å². The standard InChI is InChI=1S/C15H22N2O/c1-2-4-10-17(9-3-1)12-13-6-5-7-14-15(13)18-11-8-16-14/h5-7,16H,1-4,8-12H2. The Bertz CT molecular complexity index is 397. The largest absolute Gasteiger partial charge is 0.489 e. The topological polar surface area (TPSA) is 24.5 Å². The van der Waals surface area contributed by atoms with E-state index in [1.54, 1.807) is 0 Å². The highest BCUT2D eigenvalue weighted by molar-refractivity contribution is 5.61. The number of fused-ring (bicyclic) bond motifs is 1. The first kappa shape index (κ1) is 11.8. The molecule has 1 saturated heterocycles. The lowest BCUT2D eigenvalue weighted by Crippen LogP contribution is -2.25. The van der Waals surface area contributed by atoms with Crippen molar-refractivity contribution in [2.75, 3.05) is 31.6 Å². The Balaban J connectivity index is 1.75. The molecule has 1 aromatic rings. The minimum Gasteiger partial charge on any atom is -0.489 e. The molecular weight excluding hydrogens is 224 g/mol. The molecule has 0 aromatic heterocycles. The van der Waals surface area contributed by atoms with Gasteiger partial charge in [-0.15, -0.1) is 0 Å². The van der Waals surface area contributed by atoms with E-state index in [1.165, 1.54) is 44.3 Å². The lowest BCUT2D eigenvalue weighted by molar-refractivity contribution is 0.264. The minimum absolute atomic E-state index is 0.782. The number of benzene rings is 1. The normalized spacial score (nSPS) is 20.4. The second-order valence-corrected chi connectivity index (χ2v) is 5.26. The number of para-hydroxylation sites is 1. The smallest absolute Gasteiger partial charge is 0.146 e. The molecule has 2 aliphatic rings. The number of hydrogen-bond donors (Lipinski definition) is 1. The zero-order chi connectivity index (χ0) is 12.2. The van der Waals surface area contributed by atoms with Gasteiger partial charge in [-0.25, -0.2) is 0 Å². The van der Waals surface area contributed by atoms with Crippen molar-refractivity contribution < 1.29 is 4.74 Å². The molecule has 0 spiro atoms. The SMILES string of the molecule is c1cc(CN2CCCCCC2)c2c(c1)NCCO2. The Morgan fingerprint density at radius 2 is 1.94 bits per heavy atom. The number of likely N-dealkylation sites (tertiary alicyclic amines) is 1. The van der Waals surface area contributed by atoms with Gasteiger partial charge in [0, 0.05) is 18.7 Å². The number of rotatable bonds is 2. The summed E-state index contributed by atoms with van der Waals surface area (Å²) in [5, 5.41) is 3.41. The molecule has 3 rings (SSSR count). The summed E-state index contributed by atoms with van der Waals surface area (Å²) < 4.78 is 5.84. The molecule has 18 heavy (non-hydrogen) atoms. The van der Waals surface area contributed by atoms with Crippen molar-refractivity contribution >= 4 is 5.69 Å². The van der Waals surface area contributed by atoms with Crippen LogP contribution in [0.25, 0.3) is 0 Å². The molecule has 1 fully saturated rings. The van der Waals surface area contributed by atoms with Crippen LogP contribution in [0.5, 0.6) is 5.75 Å². The van der Waals surface area contributed by atoms with Crippen molar-refractivity contribution in [3.63, 3.8) is 0 Å².